The second kappa shape index (κ2) is 7.65. The summed E-state index contributed by atoms with van der Waals surface area (Å²) in [6.07, 6.45) is 4.28. The number of rotatable bonds is 5. The fraction of sp³-hybridized carbons (Fsp3) is 0.522. The number of aryl methyl sites for hydroxylation is 2. The fourth-order valence-electron chi connectivity index (χ4n) is 4.79. The molecule has 1 aliphatic carbocycles. The number of carbonyl (C=O) groups is 2. The van der Waals surface area contributed by atoms with E-state index in [9.17, 15) is 9.59 Å². The predicted molar refractivity (Wildman–Crippen MR) is 111 cm³/mol. The molecule has 6 heteroatoms. The van der Waals surface area contributed by atoms with Crippen molar-refractivity contribution in [1.29, 1.82) is 0 Å². The molecule has 2 atom stereocenters. The summed E-state index contributed by atoms with van der Waals surface area (Å²) >= 11 is 0. The molecule has 2 aliphatic rings. The molecule has 2 aromatic rings. The number of nitrogens with zero attached hydrogens (tertiary/aromatic N) is 3. The number of fused-ring (bicyclic) bond motifs is 1. The molecule has 0 spiro atoms. The van der Waals surface area contributed by atoms with Gasteiger partial charge < -0.3 is 10.2 Å². The number of carbonyl (C=O) groups excluding carboxylic acids is 2. The summed E-state index contributed by atoms with van der Waals surface area (Å²) in [6, 6.07) is 7.44. The minimum Gasteiger partial charge on any atom is -0.342 e. The van der Waals surface area contributed by atoms with E-state index in [1.807, 2.05) is 32.3 Å². The molecule has 2 unspecified atom stereocenters. The SMILES string of the molecule is Cc1nn(C)cc1CN1C(=O)C(C2Cc3ccccc3C2)NC(=O)C1CC(C)C. The van der Waals surface area contributed by atoms with Gasteiger partial charge in [0.2, 0.25) is 11.8 Å². The van der Waals surface area contributed by atoms with E-state index < -0.39 is 12.1 Å². The standard InChI is InChI=1S/C23H30N4O2/c1-14(2)9-20-22(28)24-21(18-10-16-7-5-6-8-17(16)11-18)23(29)27(20)13-19-12-26(4)25-15(19)3/h5-8,12,14,18,20-21H,9-11,13H2,1-4H3,(H,24,28). The van der Waals surface area contributed by atoms with Crippen LogP contribution < -0.4 is 5.32 Å². The van der Waals surface area contributed by atoms with E-state index in [-0.39, 0.29) is 17.7 Å². The average Bonchev–Trinajstić information content (AvgIpc) is 3.23. The summed E-state index contributed by atoms with van der Waals surface area (Å²) in [5.41, 5.74) is 4.48. The molecule has 6 nitrogen and oxygen atoms in total. The summed E-state index contributed by atoms with van der Waals surface area (Å²) in [4.78, 5) is 28.5. The van der Waals surface area contributed by atoms with Crippen molar-refractivity contribution >= 4 is 11.8 Å². The molecule has 1 aromatic heterocycles. The molecule has 1 saturated heterocycles. The normalized spacial score (nSPS) is 22.3. The zero-order valence-electron chi connectivity index (χ0n) is 17.7. The highest BCUT2D eigenvalue weighted by molar-refractivity contribution is 5.97. The Bertz CT molecular complexity index is 908. The summed E-state index contributed by atoms with van der Waals surface area (Å²) in [6.45, 7) is 6.56. The van der Waals surface area contributed by atoms with E-state index in [2.05, 4.69) is 36.4 Å². The van der Waals surface area contributed by atoms with Gasteiger partial charge in [-0.1, -0.05) is 38.1 Å². The van der Waals surface area contributed by atoms with Gasteiger partial charge in [-0.2, -0.15) is 5.10 Å². The molecule has 1 N–H and O–H groups in total. The van der Waals surface area contributed by atoms with Crippen molar-refractivity contribution < 1.29 is 9.59 Å². The highest BCUT2D eigenvalue weighted by Crippen LogP contribution is 2.32. The molecule has 0 radical (unpaired) electrons. The third-order valence-electron chi connectivity index (χ3n) is 6.23. The van der Waals surface area contributed by atoms with Crippen LogP contribution in [0.3, 0.4) is 0 Å². The van der Waals surface area contributed by atoms with Crippen LogP contribution in [0.25, 0.3) is 0 Å². The van der Waals surface area contributed by atoms with E-state index in [4.69, 9.17) is 0 Å². The van der Waals surface area contributed by atoms with E-state index in [0.717, 1.165) is 24.1 Å². The van der Waals surface area contributed by atoms with Crippen LogP contribution in [-0.2, 0) is 36.0 Å². The molecule has 1 fully saturated rings. The van der Waals surface area contributed by atoms with Gasteiger partial charge in [-0.15, -0.1) is 0 Å². The molecule has 154 valence electrons. The summed E-state index contributed by atoms with van der Waals surface area (Å²) in [5.74, 6) is 0.446. The Hall–Kier alpha value is -2.63. The highest BCUT2D eigenvalue weighted by Gasteiger charge is 2.45. The van der Waals surface area contributed by atoms with Gasteiger partial charge in [0.15, 0.2) is 0 Å². The molecule has 2 heterocycles. The molecule has 1 aromatic carbocycles. The molecule has 29 heavy (non-hydrogen) atoms. The van der Waals surface area contributed by atoms with Gasteiger partial charge in [-0.3, -0.25) is 14.3 Å². The summed E-state index contributed by atoms with van der Waals surface area (Å²) in [7, 11) is 1.88. The van der Waals surface area contributed by atoms with E-state index in [1.165, 1.54) is 11.1 Å². The Morgan fingerprint density at radius 1 is 1.17 bits per heavy atom. The summed E-state index contributed by atoms with van der Waals surface area (Å²) < 4.78 is 1.77. The second-order valence-corrected chi connectivity index (χ2v) is 8.95. The van der Waals surface area contributed by atoms with Crippen LogP contribution in [-0.4, -0.2) is 38.6 Å². The smallest absolute Gasteiger partial charge is 0.246 e. The van der Waals surface area contributed by atoms with Gasteiger partial charge in [-0.25, -0.2) is 0 Å². The van der Waals surface area contributed by atoms with Crippen LogP contribution in [0.1, 0.15) is 42.7 Å². The number of hydrogen-bond donors (Lipinski definition) is 1. The Morgan fingerprint density at radius 3 is 2.38 bits per heavy atom. The maximum absolute atomic E-state index is 13.6. The van der Waals surface area contributed by atoms with E-state index in [0.29, 0.717) is 18.9 Å². The van der Waals surface area contributed by atoms with Gasteiger partial charge in [0.05, 0.1) is 5.69 Å². The summed E-state index contributed by atoms with van der Waals surface area (Å²) in [5, 5.41) is 7.49. The lowest BCUT2D eigenvalue weighted by atomic mass is 9.90. The number of nitrogens with one attached hydrogen (secondary N) is 1. The number of aromatic nitrogens is 2. The lowest BCUT2D eigenvalue weighted by molar-refractivity contribution is -0.152. The lowest BCUT2D eigenvalue weighted by Gasteiger charge is -2.41. The number of benzene rings is 1. The van der Waals surface area contributed by atoms with Gasteiger partial charge >= 0.3 is 0 Å². The number of amides is 2. The predicted octanol–water partition coefficient (Wildman–Crippen LogP) is 2.39. The Morgan fingerprint density at radius 2 is 1.83 bits per heavy atom. The van der Waals surface area contributed by atoms with Crippen molar-refractivity contribution in [3.8, 4) is 0 Å². The van der Waals surface area contributed by atoms with Gasteiger partial charge in [0, 0.05) is 25.4 Å². The Labute approximate surface area is 172 Å². The molecular weight excluding hydrogens is 364 g/mol. The molecular formula is C23H30N4O2. The van der Waals surface area contributed by atoms with Crippen molar-refractivity contribution in [3.05, 3.63) is 52.8 Å². The Kier molecular flexibility index (Phi) is 5.19. The van der Waals surface area contributed by atoms with Crippen LogP contribution in [0.15, 0.2) is 30.5 Å². The number of hydrogen-bond acceptors (Lipinski definition) is 3. The van der Waals surface area contributed by atoms with Crippen molar-refractivity contribution in [2.75, 3.05) is 0 Å². The molecule has 4 rings (SSSR count). The fourth-order valence-corrected chi connectivity index (χ4v) is 4.79. The largest absolute Gasteiger partial charge is 0.342 e. The Balaban J connectivity index is 1.61. The average molecular weight is 395 g/mol. The lowest BCUT2D eigenvalue weighted by Crippen LogP contribution is -2.65. The van der Waals surface area contributed by atoms with Crippen LogP contribution in [0.2, 0.25) is 0 Å². The van der Waals surface area contributed by atoms with Crippen molar-refractivity contribution in [2.45, 2.75) is 58.7 Å². The first kappa shape index (κ1) is 19.7. The van der Waals surface area contributed by atoms with Crippen molar-refractivity contribution in [2.24, 2.45) is 18.9 Å². The van der Waals surface area contributed by atoms with Crippen molar-refractivity contribution in [1.82, 2.24) is 20.0 Å². The maximum atomic E-state index is 13.6. The first-order valence-electron chi connectivity index (χ1n) is 10.5. The second-order valence-electron chi connectivity index (χ2n) is 8.95. The first-order chi connectivity index (χ1) is 13.8. The van der Waals surface area contributed by atoms with Gasteiger partial charge in [0.1, 0.15) is 12.1 Å². The van der Waals surface area contributed by atoms with Gasteiger partial charge in [0.25, 0.3) is 0 Å². The topological polar surface area (TPSA) is 67.2 Å². The maximum Gasteiger partial charge on any atom is 0.246 e. The van der Waals surface area contributed by atoms with E-state index >= 15 is 0 Å². The van der Waals surface area contributed by atoms with Crippen LogP contribution >= 0.6 is 0 Å². The highest BCUT2D eigenvalue weighted by atomic mass is 16.2. The minimum absolute atomic E-state index is 0.0270. The third-order valence-corrected chi connectivity index (χ3v) is 6.23. The zero-order chi connectivity index (χ0) is 20.7. The molecule has 1 aliphatic heterocycles. The third kappa shape index (κ3) is 3.80. The van der Waals surface area contributed by atoms with Crippen LogP contribution in [0.5, 0.6) is 0 Å². The van der Waals surface area contributed by atoms with Crippen LogP contribution in [0.4, 0.5) is 0 Å². The first-order valence-corrected chi connectivity index (χ1v) is 10.5. The molecule has 0 bridgehead atoms. The minimum atomic E-state index is -0.463. The molecule has 0 saturated carbocycles. The monoisotopic (exact) mass is 394 g/mol. The van der Waals surface area contributed by atoms with Crippen molar-refractivity contribution in [3.63, 3.8) is 0 Å². The quantitative estimate of drug-likeness (QED) is 0.847. The van der Waals surface area contributed by atoms with Crippen LogP contribution in [0, 0.1) is 18.8 Å². The van der Waals surface area contributed by atoms with E-state index in [1.54, 1.807) is 9.58 Å². The van der Waals surface area contributed by atoms with Gasteiger partial charge in [-0.05, 0) is 49.1 Å². The zero-order valence-corrected chi connectivity index (χ0v) is 17.7. The number of piperazine rings is 1. The molecule has 2 amide bonds.